The standard InChI is InChI=1S/C10H20.C5H8O2.Ni/c1-6-7(2)9(4)10(5)8(6)3;1-4(6)3-5(2)7;/h6-10H,1-5H3;3,6H,1-2H3;/b;4-3-;. The van der Waals surface area contributed by atoms with E-state index in [1.165, 1.54) is 19.9 Å². The topological polar surface area (TPSA) is 37.3 Å². The summed E-state index contributed by atoms with van der Waals surface area (Å²) in [6.07, 6.45) is 1.17. The van der Waals surface area contributed by atoms with E-state index in [9.17, 15) is 4.79 Å². The zero-order valence-corrected chi connectivity index (χ0v) is 13.6. The summed E-state index contributed by atoms with van der Waals surface area (Å²) in [4.78, 5) is 10.0. The van der Waals surface area contributed by atoms with Crippen LogP contribution in [0.15, 0.2) is 11.8 Å². The fourth-order valence-corrected chi connectivity index (χ4v) is 2.69. The molecule has 1 saturated carbocycles. The molecule has 0 amide bonds. The predicted molar refractivity (Wildman–Crippen MR) is 72.9 cm³/mol. The summed E-state index contributed by atoms with van der Waals surface area (Å²) in [7, 11) is 0. The number of carbonyl (C=O) groups excluding carboxylic acids is 1. The minimum Gasteiger partial charge on any atom is -0.512 e. The van der Waals surface area contributed by atoms with Gasteiger partial charge in [0.2, 0.25) is 0 Å². The third-order valence-corrected chi connectivity index (χ3v) is 4.56. The van der Waals surface area contributed by atoms with Crippen LogP contribution in [0.2, 0.25) is 0 Å². The van der Waals surface area contributed by atoms with Crippen molar-refractivity contribution in [2.45, 2.75) is 48.5 Å². The van der Waals surface area contributed by atoms with Crippen LogP contribution in [0.1, 0.15) is 48.5 Å². The molecule has 0 unspecified atom stereocenters. The van der Waals surface area contributed by atoms with Crippen LogP contribution in [0, 0.1) is 29.6 Å². The summed E-state index contributed by atoms with van der Waals surface area (Å²) in [6.45, 7) is 14.8. The maximum absolute atomic E-state index is 10.0. The van der Waals surface area contributed by atoms with Gasteiger partial charge in [0.05, 0.1) is 5.76 Å². The number of hydrogen-bond acceptors (Lipinski definition) is 2. The Morgan fingerprint density at radius 1 is 0.833 bits per heavy atom. The van der Waals surface area contributed by atoms with E-state index in [1.54, 1.807) is 0 Å². The number of allylic oxidation sites excluding steroid dienone is 2. The Labute approximate surface area is 122 Å². The van der Waals surface area contributed by atoms with Crippen molar-refractivity contribution in [1.29, 1.82) is 0 Å². The molecule has 0 atom stereocenters. The SMILES string of the molecule is CC(=O)/C=C(/C)O.CC1C(C)C(C)C(C)C1C.[Ni]. The summed E-state index contributed by atoms with van der Waals surface area (Å²) in [6, 6.07) is 0. The molecule has 0 heterocycles. The Balaban J connectivity index is 0. The molecule has 0 bridgehead atoms. The van der Waals surface area contributed by atoms with Gasteiger partial charge in [-0.1, -0.05) is 34.6 Å². The first kappa shape index (κ1) is 20.0. The minimum absolute atomic E-state index is 0. The second-order valence-electron chi connectivity index (χ2n) is 5.69. The maximum atomic E-state index is 10.0. The molecule has 0 radical (unpaired) electrons. The van der Waals surface area contributed by atoms with Crippen molar-refractivity contribution >= 4 is 5.78 Å². The average Bonchev–Trinajstić information content (AvgIpc) is 2.35. The van der Waals surface area contributed by atoms with Gasteiger partial charge in [0, 0.05) is 22.6 Å². The van der Waals surface area contributed by atoms with Crippen molar-refractivity contribution in [1.82, 2.24) is 0 Å². The van der Waals surface area contributed by atoms with Gasteiger partial charge in [-0.15, -0.1) is 0 Å². The summed E-state index contributed by atoms with van der Waals surface area (Å²) in [5.74, 6) is 4.61. The molecule has 0 aromatic rings. The molecule has 110 valence electrons. The average molecular weight is 299 g/mol. The molecule has 18 heavy (non-hydrogen) atoms. The van der Waals surface area contributed by atoms with Gasteiger partial charge in [-0.25, -0.2) is 0 Å². The van der Waals surface area contributed by atoms with Crippen LogP contribution in [-0.4, -0.2) is 10.9 Å². The molecule has 1 fully saturated rings. The molecule has 0 aliphatic heterocycles. The molecule has 1 aliphatic carbocycles. The third kappa shape index (κ3) is 6.04. The molecular formula is C15H28NiO2. The van der Waals surface area contributed by atoms with Crippen LogP contribution in [0.25, 0.3) is 0 Å². The predicted octanol–water partition coefficient (Wildman–Crippen LogP) is 4.22. The van der Waals surface area contributed by atoms with Crippen molar-refractivity contribution in [3.63, 3.8) is 0 Å². The Morgan fingerprint density at radius 2 is 1.06 bits per heavy atom. The van der Waals surface area contributed by atoms with Crippen molar-refractivity contribution in [2.75, 3.05) is 0 Å². The molecule has 0 spiro atoms. The van der Waals surface area contributed by atoms with Gasteiger partial charge < -0.3 is 5.11 Å². The van der Waals surface area contributed by atoms with Crippen LogP contribution >= 0.6 is 0 Å². The number of ketones is 1. The summed E-state index contributed by atoms with van der Waals surface area (Å²) in [5, 5.41) is 8.36. The van der Waals surface area contributed by atoms with Crippen LogP contribution < -0.4 is 0 Å². The van der Waals surface area contributed by atoms with Gasteiger partial charge in [0.1, 0.15) is 0 Å². The summed E-state index contributed by atoms with van der Waals surface area (Å²) < 4.78 is 0. The first-order valence-corrected chi connectivity index (χ1v) is 6.56. The zero-order valence-electron chi connectivity index (χ0n) is 12.6. The second kappa shape index (κ2) is 8.74. The number of aliphatic hydroxyl groups is 1. The molecule has 0 saturated heterocycles. The maximum Gasteiger partial charge on any atom is 0.155 e. The molecule has 2 nitrogen and oxygen atoms in total. The van der Waals surface area contributed by atoms with E-state index in [0.717, 1.165) is 29.6 Å². The molecule has 1 aliphatic rings. The van der Waals surface area contributed by atoms with Gasteiger partial charge in [0.15, 0.2) is 5.78 Å². The summed E-state index contributed by atoms with van der Waals surface area (Å²) in [5.41, 5.74) is 0. The quantitative estimate of drug-likeness (QED) is 0.447. The number of aliphatic hydroxyl groups excluding tert-OH is 1. The molecule has 1 N–H and O–H groups in total. The molecule has 1 rings (SSSR count). The third-order valence-electron chi connectivity index (χ3n) is 4.56. The molecular weight excluding hydrogens is 271 g/mol. The smallest absolute Gasteiger partial charge is 0.155 e. The first-order valence-electron chi connectivity index (χ1n) is 6.56. The summed E-state index contributed by atoms with van der Waals surface area (Å²) >= 11 is 0. The molecule has 0 aromatic carbocycles. The van der Waals surface area contributed by atoms with Crippen LogP contribution in [0.5, 0.6) is 0 Å². The van der Waals surface area contributed by atoms with E-state index in [0.29, 0.717) is 0 Å². The van der Waals surface area contributed by atoms with Crippen molar-refractivity contribution in [3.05, 3.63) is 11.8 Å². The number of carbonyl (C=O) groups is 1. The van der Waals surface area contributed by atoms with Crippen LogP contribution in [-0.2, 0) is 21.3 Å². The Hall–Kier alpha value is -0.296. The fourth-order valence-electron chi connectivity index (χ4n) is 2.69. The Bertz CT molecular complexity index is 237. The Kier molecular flexibility index (Phi) is 9.73. The van der Waals surface area contributed by atoms with Crippen molar-refractivity contribution in [2.24, 2.45) is 29.6 Å². The molecule has 3 heteroatoms. The van der Waals surface area contributed by atoms with E-state index in [2.05, 4.69) is 34.6 Å². The van der Waals surface area contributed by atoms with Gasteiger partial charge in [-0.3, -0.25) is 4.79 Å². The second-order valence-corrected chi connectivity index (χ2v) is 5.69. The monoisotopic (exact) mass is 298 g/mol. The van der Waals surface area contributed by atoms with E-state index >= 15 is 0 Å². The largest absolute Gasteiger partial charge is 0.512 e. The van der Waals surface area contributed by atoms with E-state index < -0.39 is 0 Å². The minimum atomic E-state index is -0.125. The van der Waals surface area contributed by atoms with Crippen molar-refractivity contribution < 1.29 is 26.4 Å². The number of hydrogen-bond donors (Lipinski definition) is 1. The van der Waals surface area contributed by atoms with E-state index in [1.807, 2.05) is 0 Å². The fraction of sp³-hybridized carbons (Fsp3) is 0.800. The van der Waals surface area contributed by atoms with Crippen LogP contribution in [0.4, 0.5) is 0 Å². The van der Waals surface area contributed by atoms with Gasteiger partial charge >= 0.3 is 0 Å². The normalized spacial score (nSPS) is 35.3. The van der Waals surface area contributed by atoms with Gasteiger partial charge in [-0.2, -0.15) is 0 Å². The van der Waals surface area contributed by atoms with E-state index in [4.69, 9.17) is 5.11 Å². The van der Waals surface area contributed by atoms with Crippen molar-refractivity contribution in [3.8, 4) is 0 Å². The zero-order chi connectivity index (χ0) is 13.7. The van der Waals surface area contributed by atoms with Crippen LogP contribution in [0.3, 0.4) is 0 Å². The van der Waals surface area contributed by atoms with Gasteiger partial charge in [-0.05, 0) is 43.4 Å². The van der Waals surface area contributed by atoms with E-state index in [-0.39, 0.29) is 28.0 Å². The Morgan fingerprint density at radius 3 is 1.11 bits per heavy atom. The van der Waals surface area contributed by atoms with Gasteiger partial charge in [0.25, 0.3) is 0 Å². The molecule has 0 aromatic heterocycles. The first-order chi connectivity index (χ1) is 7.68. The number of rotatable bonds is 1.